The van der Waals surface area contributed by atoms with Gasteiger partial charge in [0.25, 0.3) is 0 Å². The van der Waals surface area contributed by atoms with Gasteiger partial charge < -0.3 is 20.2 Å². The van der Waals surface area contributed by atoms with Gasteiger partial charge in [0.05, 0.1) is 6.10 Å². The molecule has 23 heavy (non-hydrogen) atoms. The van der Waals surface area contributed by atoms with Gasteiger partial charge in [-0.05, 0) is 43.4 Å². The molecular formula is C17H23N3O3. The van der Waals surface area contributed by atoms with Crippen LogP contribution in [0.4, 0.5) is 10.5 Å². The molecule has 1 heterocycles. The lowest BCUT2D eigenvalue weighted by Gasteiger charge is -2.14. The summed E-state index contributed by atoms with van der Waals surface area (Å²) in [6.45, 7) is 4.34. The fraction of sp³-hybridized carbons (Fsp3) is 0.529. The van der Waals surface area contributed by atoms with E-state index in [0.717, 1.165) is 29.8 Å². The second-order valence-electron chi connectivity index (χ2n) is 6.49. The summed E-state index contributed by atoms with van der Waals surface area (Å²) < 4.78 is 5.70. The van der Waals surface area contributed by atoms with E-state index in [-0.39, 0.29) is 11.9 Å². The second kappa shape index (κ2) is 6.58. The van der Waals surface area contributed by atoms with E-state index in [4.69, 9.17) is 4.42 Å². The third kappa shape index (κ3) is 4.01. The van der Waals surface area contributed by atoms with Crippen LogP contribution in [0.5, 0.6) is 0 Å². The van der Waals surface area contributed by atoms with Crippen molar-refractivity contribution in [3.8, 4) is 0 Å². The Bertz CT molecular complexity index is 691. The van der Waals surface area contributed by atoms with Crippen molar-refractivity contribution in [2.45, 2.75) is 45.1 Å². The summed E-state index contributed by atoms with van der Waals surface area (Å²) in [6, 6.07) is 5.15. The number of nitrogens with one attached hydrogen (secondary N) is 2. The number of urea groups is 1. The Morgan fingerprint density at radius 2 is 2.22 bits per heavy atom. The highest BCUT2D eigenvalue weighted by Crippen LogP contribution is 2.40. The van der Waals surface area contributed by atoms with Crippen molar-refractivity contribution in [2.24, 2.45) is 5.92 Å². The van der Waals surface area contributed by atoms with Gasteiger partial charge in [0.1, 0.15) is 5.52 Å². The molecule has 1 saturated carbocycles. The Balaban J connectivity index is 1.54. The van der Waals surface area contributed by atoms with Crippen LogP contribution >= 0.6 is 0 Å². The molecule has 2 amide bonds. The minimum Gasteiger partial charge on any atom is -0.440 e. The molecule has 0 spiro atoms. The van der Waals surface area contributed by atoms with Gasteiger partial charge in [0.15, 0.2) is 11.5 Å². The number of oxazole rings is 1. The third-order valence-electron chi connectivity index (χ3n) is 4.08. The van der Waals surface area contributed by atoms with Crippen LogP contribution in [0.2, 0.25) is 0 Å². The highest BCUT2D eigenvalue weighted by Gasteiger charge is 2.28. The molecule has 6 heteroatoms. The van der Waals surface area contributed by atoms with E-state index in [0.29, 0.717) is 24.6 Å². The van der Waals surface area contributed by atoms with Crippen molar-refractivity contribution >= 4 is 22.8 Å². The van der Waals surface area contributed by atoms with E-state index < -0.39 is 6.10 Å². The number of aliphatic hydroxyl groups is 1. The minimum atomic E-state index is -0.400. The van der Waals surface area contributed by atoms with Gasteiger partial charge in [-0.25, -0.2) is 9.78 Å². The molecule has 0 saturated heterocycles. The molecule has 1 aliphatic rings. The molecule has 0 bridgehead atoms. The average molecular weight is 317 g/mol. The number of hydrogen-bond donors (Lipinski definition) is 3. The quantitative estimate of drug-likeness (QED) is 0.763. The van der Waals surface area contributed by atoms with Gasteiger partial charge in [-0.3, -0.25) is 0 Å². The zero-order valence-corrected chi connectivity index (χ0v) is 13.5. The highest BCUT2D eigenvalue weighted by molar-refractivity contribution is 5.91. The van der Waals surface area contributed by atoms with Crippen LogP contribution in [-0.2, 0) is 0 Å². The van der Waals surface area contributed by atoms with Crippen molar-refractivity contribution in [3.63, 3.8) is 0 Å². The van der Waals surface area contributed by atoms with Crippen LogP contribution < -0.4 is 10.6 Å². The largest absolute Gasteiger partial charge is 0.440 e. The fourth-order valence-electron chi connectivity index (χ4n) is 2.37. The van der Waals surface area contributed by atoms with E-state index in [1.54, 1.807) is 6.07 Å². The average Bonchev–Trinajstić information content (AvgIpc) is 3.27. The molecule has 2 aromatic rings. The number of nitrogens with zero attached hydrogens (tertiary/aromatic N) is 1. The first-order chi connectivity index (χ1) is 11.0. The highest BCUT2D eigenvalue weighted by atomic mass is 16.3. The second-order valence-corrected chi connectivity index (χ2v) is 6.49. The maximum Gasteiger partial charge on any atom is 0.319 e. The maximum atomic E-state index is 11.9. The number of aliphatic hydroxyl groups excluding tert-OH is 1. The first kappa shape index (κ1) is 15.8. The number of hydrogen-bond acceptors (Lipinski definition) is 4. The predicted octanol–water partition coefficient (Wildman–Crippen LogP) is 3.23. The summed E-state index contributed by atoms with van der Waals surface area (Å²) >= 11 is 0. The zero-order valence-electron chi connectivity index (χ0n) is 13.5. The van der Waals surface area contributed by atoms with E-state index in [1.807, 2.05) is 26.0 Å². The Hall–Kier alpha value is -2.08. The van der Waals surface area contributed by atoms with Crippen LogP contribution in [0, 0.1) is 5.92 Å². The van der Waals surface area contributed by atoms with E-state index in [9.17, 15) is 9.90 Å². The standard InChI is InChI=1S/C17H23N3O3/c1-10(2)14(21)7-8-18-17(22)19-12-5-6-15-13(9-12)20-16(23-15)11-3-4-11/h5-6,9-11,14,21H,3-4,7-8H2,1-2H3,(H2,18,19,22). The number of fused-ring (bicyclic) bond motifs is 1. The normalized spacial score (nSPS) is 15.8. The molecule has 1 atom stereocenters. The Morgan fingerprint density at radius 1 is 1.43 bits per heavy atom. The van der Waals surface area contributed by atoms with Crippen LogP contribution in [0.15, 0.2) is 22.6 Å². The van der Waals surface area contributed by atoms with Crippen molar-refractivity contribution in [3.05, 3.63) is 24.1 Å². The lowest BCUT2D eigenvalue weighted by molar-refractivity contribution is 0.117. The number of anilines is 1. The van der Waals surface area contributed by atoms with E-state index >= 15 is 0 Å². The molecule has 124 valence electrons. The fourth-order valence-corrected chi connectivity index (χ4v) is 2.37. The first-order valence-electron chi connectivity index (χ1n) is 8.16. The summed E-state index contributed by atoms with van der Waals surface area (Å²) in [5.74, 6) is 1.45. The number of carbonyl (C=O) groups is 1. The molecule has 1 unspecified atom stereocenters. The summed E-state index contributed by atoms with van der Waals surface area (Å²) in [6.07, 6.45) is 2.42. The van der Waals surface area contributed by atoms with Crippen molar-refractivity contribution in [1.29, 1.82) is 0 Å². The Morgan fingerprint density at radius 3 is 2.91 bits per heavy atom. The lowest BCUT2D eigenvalue weighted by atomic mass is 10.0. The Labute approximate surface area is 135 Å². The molecule has 0 radical (unpaired) electrons. The summed E-state index contributed by atoms with van der Waals surface area (Å²) in [5, 5.41) is 15.2. The molecule has 3 N–H and O–H groups in total. The summed E-state index contributed by atoms with van der Waals surface area (Å²) in [4.78, 5) is 16.4. The molecule has 1 aromatic carbocycles. The first-order valence-corrected chi connectivity index (χ1v) is 8.16. The van der Waals surface area contributed by atoms with Gasteiger partial charge in [0.2, 0.25) is 0 Å². The molecule has 1 aliphatic carbocycles. The van der Waals surface area contributed by atoms with Gasteiger partial charge >= 0.3 is 6.03 Å². The van der Waals surface area contributed by atoms with Gasteiger partial charge in [-0.2, -0.15) is 0 Å². The van der Waals surface area contributed by atoms with Gasteiger partial charge in [-0.15, -0.1) is 0 Å². The van der Waals surface area contributed by atoms with E-state index in [2.05, 4.69) is 15.6 Å². The molecule has 6 nitrogen and oxygen atoms in total. The van der Waals surface area contributed by atoms with Gasteiger partial charge in [0, 0.05) is 18.2 Å². The zero-order chi connectivity index (χ0) is 16.4. The number of amides is 2. The predicted molar refractivity (Wildman–Crippen MR) is 88.5 cm³/mol. The van der Waals surface area contributed by atoms with E-state index in [1.165, 1.54) is 0 Å². The lowest BCUT2D eigenvalue weighted by Crippen LogP contribution is -2.32. The molecular weight excluding hydrogens is 294 g/mol. The third-order valence-corrected chi connectivity index (χ3v) is 4.08. The maximum absolute atomic E-state index is 11.9. The van der Waals surface area contributed by atoms with Crippen LogP contribution in [0.3, 0.4) is 0 Å². The van der Waals surface area contributed by atoms with Crippen LogP contribution in [0.1, 0.15) is 44.9 Å². The molecule has 1 aromatic heterocycles. The number of aromatic nitrogens is 1. The number of carbonyl (C=O) groups excluding carboxylic acids is 1. The van der Waals surface area contributed by atoms with Crippen LogP contribution in [-0.4, -0.2) is 28.8 Å². The van der Waals surface area contributed by atoms with Crippen molar-refractivity contribution in [1.82, 2.24) is 10.3 Å². The van der Waals surface area contributed by atoms with Crippen molar-refractivity contribution in [2.75, 3.05) is 11.9 Å². The topological polar surface area (TPSA) is 87.4 Å². The Kier molecular flexibility index (Phi) is 4.52. The summed E-state index contributed by atoms with van der Waals surface area (Å²) in [7, 11) is 0. The number of rotatable bonds is 6. The molecule has 0 aliphatic heterocycles. The minimum absolute atomic E-state index is 0.190. The smallest absolute Gasteiger partial charge is 0.319 e. The molecule has 3 rings (SSSR count). The number of benzene rings is 1. The van der Waals surface area contributed by atoms with Crippen LogP contribution in [0.25, 0.3) is 11.1 Å². The van der Waals surface area contributed by atoms with Gasteiger partial charge in [-0.1, -0.05) is 13.8 Å². The monoisotopic (exact) mass is 317 g/mol. The molecule has 1 fully saturated rings. The SMILES string of the molecule is CC(C)C(O)CCNC(=O)Nc1ccc2oc(C3CC3)nc2c1. The van der Waals surface area contributed by atoms with Crippen molar-refractivity contribution < 1.29 is 14.3 Å². The summed E-state index contributed by atoms with van der Waals surface area (Å²) in [5.41, 5.74) is 2.19.